The molecule has 1 fully saturated rings. The Morgan fingerprint density at radius 1 is 1.40 bits per heavy atom. The Morgan fingerprint density at radius 2 is 2.15 bits per heavy atom. The molecule has 1 saturated heterocycles. The Hall–Kier alpha value is -0.330. The zero-order chi connectivity index (χ0) is 14.2. The Kier molecular flexibility index (Phi) is 4.24. The van der Waals surface area contributed by atoms with Crippen molar-refractivity contribution in [1.29, 1.82) is 0 Å². The Labute approximate surface area is 137 Å². The minimum Gasteiger partial charge on any atom is -0.381 e. The van der Waals surface area contributed by atoms with Crippen molar-refractivity contribution >= 4 is 45.2 Å². The van der Waals surface area contributed by atoms with E-state index in [1.807, 2.05) is 0 Å². The maximum absolute atomic E-state index is 5.97. The van der Waals surface area contributed by atoms with E-state index in [4.69, 9.17) is 21.3 Å². The molecule has 0 saturated carbocycles. The summed E-state index contributed by atoms with van der Waals surface area (Å²) in [6.45, 7) is 3.95. The first-order chi connectivity index (χ1) is 9.64. The van der Waals surface area contributed by atoms with E-state index >= 15 is 0 Å². The summed E-state index contributed by atoms with van der Waals surface area (Å²) < 4.78 is 9.16. The molecular weight excluding hydrogens is 387 g/mol. The normalized spacial score (nSPS) is 18.6. The minimum absolute atomic E-state index is 0.0845. The molecule has 0 N–H and O–H groups in total. The van der Waals surface area contributed by atoms with Gasteiger partial charge < -0.3 is 9.30 Å². The second-order valence-electron chi connectivity index (χ2n) is 5.54. The third-order valence-corrected chi connectivity index (χ3v) is 4.97. The molecule has 0 atom stereocenters. The number of aromatic nitrogens is 2. The number of rotatable bonds is 3. The first-order valence-corrected chi connectivity index (χ1v) is 8.56. The standard InChI is InChI=1S/C15H18ClIN2O/c1-15(5-8-20-9-6-15)19-13-3-2-11(17)10-12(13)18-14(19)4-7-16/h2-3,10H,4-9H2,1H3. The highest BCUT2D eigenvalue weighted by atomic mass is 127. The summed E-state index contributed by atoms with van der Waals surface area (Å²) in [5.41, 5.74) is 2.38. The molecule has 2 heterocycles. The fraction of sp³-hybridized carbons (Fsp3) is 0.533. The van der Waals surface area contributed by atoms with Crippen LogP contribution in [0.4, 0.5) is 0 Å². The lowest BCUT2D eigenvalue weighted by molar-refractivity contribution is 0.0301. The molecule has 5 heteroatoms. The smallest absolute Gasteiger partial charge is 0.111 e. The minimum atomic E-state index is 0.0845. The van der Waals surface area contributed by atoms with Crippen molar-refractivity contribution < 1.29 is 4.74 Å². The van der Waals surface area contributed by atoms with Crippen LogP contribution in [0.5, 0.6) is 0 Å². The highest BCUT2D eigenvalue weighted by Crippen LogP contribution is 2.34. The van der Waals surface area contributed by atoms with Crippen LogP contribution in [0.3, 0.4) is 0 Å². The van der Waals surface area contributed by atoms with Crippen molar-refractivity contribution in [3.8, 4) is 0 Å². The summed E-state index contributed by atoms with van der Waals surface area (Å²) in [6.07, 6.45) is 2.86. The van der Waals surface area contributed by atoms with Crippen LogP contribution < -0.4 is 0 Å². The average molecular weight is 405 g/mol. The maximum atomic E-state index is 5.97. The molecule has 0 aliphatic carbocycles. The number of benzene rings is 1. The monoisotopic (exact) mass is 404 g/mol. The molecule has 0 spiro atoms. The van der Waals surface area contributed by atoms with Gasteiger partial charge in [-0.2, -0.15) is 0 Å². The summed E-state index contributed by atoms with van der Waals surface area (Å²) >= 11 is 8.30. The third-order valence-electron chi connectivity index (χ3n) is 4.11. The van der Waals surface area contributed by atoms with Gasteiger partial charge in [0, 0.05) is 34.6 Å². The SMILES string of the molecule is CC1(n2c(CCCl)nc3cc(I)ccc32)CCOCC1. The van der Waals surface area contributed by atoms with Crippen molar-refractivity contribution in [2.45, 2.75) is 31.7 Å². The molecule has 0 amide bonds. The first-order valence-electron chi connectivity index (χ1n) is 6.95. The Balaban J connectivity index is 2.17. The predicted octanol–water partition coefficient (Wildman–Crippen LogP) is 3.95. The number of fused-ring (bicyclic) bond motifs is 1. The van der Waals surface area contributed by atoms with Gasteiger partial charge in [0.2, 0.25) is 0 Å². The highest BCUT2D eigenvalue weighted by Gasteiger charge is 2.32. The van der Waals surface area contributed by atoms with Gasteiger partial charge in [-0.05, 0) is 60.6 Å². The molecule has 20 heavy (non-hydrogen) atoms. The highest BCUT2D eigenvalue weighted by molar-refractivity contribution is 14.1. The predicted molar refractivity (Wildman–Crippen MR) is 90.6 cm³/mol. The second kappa shape index (κ2) is 5.81. The van der Waals surface area contributed by atoms with E-state index in [1.165, 1.54) is 9.09 Å². The average Bonchev–Trinajstić information content (AvgIpc) is 2.77. The largest absolute Gasteiger partial charge is 0.381 e. The lowest BCUT2D eigenvalue weighted by atomic mass is 9.91. The molecule has 1 aliphatic rings. The van der Waals surface area contributed by atoms with E-state index in [0.29, 0.717) is 5.88 Å². The number of aryl methyl sites for hydroxylation is 1. The quantitative estimate of drug-likeness (QED) is 0.572. The lowest BCUT2D eigenvalue weighted by Gasteiger charge is -2.36. The van der Waals surface area contributed by atoms with Crippen molar-refractivity contribution in [3.63, 3.8) is 0 Å². The number of imidazole rings is 1. The Morgan fingerprint density at radius 3 is 2.85 bits per heavy atom. The fourth-order valence-corrected chi connectivity index (χ4v) is 3.64. The van der Waals surface area contributed by atoms with Crippen LogP contribution in [-0.2, 0) is 16.7 Å². The van der Waals surface area contributed by atoms with E-state index in [2.05, 4.69) is 52.3 Å². The number of nitrogens with zero attached hydrogens (tertiary/aromatic N) is 2. The van der Waals surface area contributed by atoms with Crippen LogP contribution in [-0.4, -0.2) is 28.6 Å². The summed E-state index contributed by atoms with van der Waals surface area (Å²) in [7, 11) is 0. The summed E-state index contributed by atoms with van der Waals surface area (Å²) in [5, 5.41) is 0. The zero-order valence-electron chi connectivity index (χ0n) is 11.5. The van der Waals surface area contributed by atoms with E-state index in [0.717, 1.165) is 43.8 Å². The van der Waals surface area contributed by atoms with Gasteiger partial charge in [0.25, 0.3) is 0 Å². The van der Waals surface area contributed by atoms with Crippen LogP contribution >= 0.6 is 34.2 Å². The fourth-order valence-electron chi connectivity index (χ4n) is 2.99. The summed E-state index contributed by atoms with van der Waals surface area (Å²) in [5.74, 6) is 1.70. The molecule has 0 radical (unpaired) electrons. The van der Waals surface area contributed by atoms with E-state index < -0.39 is 0 Å². The first kappa shape index (κ1) is 14.6. The molecule has 0 unspecified atom stereocenters. The molecule has 1 aromatic carbocycles. The molecule has 2 aromatic rings. The van der Waals surface area contributed by atoms with Crippen LogP contribution in [0.25, 0.3) is 11.0 Å². The van der Waals surface area contributed by atoms with Crippen LogP contribution in [0.1, 0.15) is 25.6 Å². The number of ether oxygens (including phenoxy) is 1. The van der Waals surface area contributed by atoms with Crippen LogP contribution in [0, 0.1) is 3.57 Å². The van der Waals surface area contributed by atoms with E-state index in [9.17, 15) is 0 Å². The number of hydrogen-bond donors (Lipinski definition) is 0. The molecule has 3 nitrogen and oxygen atoms in total. The molecular formula is C15H18ClIN2O. The molecule has 1 aromatic heterocycles. The summed E-state index contributed by atoms with van der Waals surface area (Å²) in [4.78, 5) is 4.82. The van der Waals surface area contributed by atoms with Gasteiger partial charge >= 0.3 is 0 Å². The van der Waals surface area contributed by atoms with Gasteiger partial charge in [0.05, 0.1) is 11.0 Å². The molecule has 1 aliphatic heterocycles. The van der Waals surface area contributed by atoms with Gasteiger partial charge in [-0.3, -0.25) is 0 Å². The van der Waals surface area contributed by atoms with Gasteiger partial charge in [-0.15, -0.1) is 11.6 Å². The summed E-state index contributed by atoms with van der Waals surface area (Å²) in [6, 6.07) is 6.48. The van der Waals surface area contributed by atoms with Crippen molar-refractivity contribution in [3.05, 3.63) is 27.6 Å². The maximum Gasteiger partial charge on any atom is 0.111 e. The second-order valence-corrected chi connectivity index (χ2v) is 7.17. The van der Waals surface area contributed by atoms with E-state index in [1.54, 1.807) is 0 Å². The van der Waals surface area contributed by atoms with Crippen molar-refractivity contribution in [2.75, 3.05) is 19.1 Å². The van der Waals surface area contributed by atoms with Crippen molar-refractivity contribution in [2.24, 2.45) is 0 Å². The zero-order valence-corrected chi connectivity index (χ0v) is 14.4. The van der Waals surface area contributed by atoms with Gasteiger partial charge in [0.15, 0.2) is 0 Å². The number of hydrogen-bond acceptors (Lipinski definition) is 2. The van der Waals surface area contributed by atoms with Crippen LogP contribution in [0.15, 0.2) is 18.2 Å². The van der Waals surface area contributed by atoms with Gasteiger partial charge in [-0.1, -0.05) is 0 Å². The van der Waals surface area contributed by atoms with Crippen LogP contribution in [0.2, 0.25) is 0 Å². The van der Waals surface area contributed by atoms with E-state index in [-0.39, 0.29) is 5.54 Å². The third kappa shape index (κ3) is 2.57. The number of alkyl halides is 1. The number of halogens is 2. The molecule has 0 bridgehead atoms. The van der Waals surface area contributed by atoms with Gasteiger partial charge in [0.1, 0.15) is 5.82 Å². The Bertz CT molecular complexity index is 620. The topological polar surface area (TPSA) is 27.1 Å². The lowest BCUT2D eigenvalue weighted by Crippen LogP contribution is -2.37. The molecule has 108 valence electrons. The van der Waals surface area contributed by atoms with Crippen molar-refractivity contribution in [1.82, 2.24) is 9.55 Å². The molecule has 3 rings (SSSR count). The van der Waals surface area contributed by atoms with Gasteiger partial charge in [-0.25, -0.2) is 4.98 Å².